The molecule has 4 aliphatic rings. The molecule has 6 rings (SSSR count). The average Bonchev–Trinajstić information content (AvgIpc) is 2.93. The highest BCUT2D eigenvalue weighted by molar-refractivity contribution is 5.93. The van der Waals surface area contributed by atoms with Crippen LogP contribution in [-0.4, -0.2) is 32.3 Å². The summed E-state index contributed by atoms with van der Waals surface area (Å²) in [7, 11) is 0. The normalized spacial score (nSPS) is 28.6. The Balaban J connectivity index is 1.38. The van der Waals surface area contributed by atoms with E-state index in [1.165, 1.54) is 81.6 Å². The van der Waals surface area contributed by atoms with E-state index in [9.17, 15) is 0 Å². The molecular formula is C32H46N4. The lowest BCUT2D eigenvalue weighted by molar-refractivity contribution is 0.164. The second kappa shape index (κ2) is 11.8. The first kappa shape index (κ1) is 24.6. The number of hydrazine groups is 1. The Morgan fingerprint density at radius 2 is 1.53 bits per heavy atom. The highest BCUT2D eigenvalue weighted by Crippen LogP contribution is 2.49. The molecule has 4 nitrogen and oxygen atoms in total. The van der Waals surface area contributed by atoms with Crippen LogP contribution in [0.1, 0.15) is 92.4 Å². The standard InChI is InChI=1S/C32H46N4/c1-2-8-23(9-3-1)26-14-15-29-28-13-12-24-10-4-5-11-25(24)27(28)16-17-30(29)32(26)31-18-21-36-35-20-7-6-19-33-22-34-31/h4,10,12-13,16-17,23,26,31-36H,1-3,5-9,11,14-15,18-22H2. The Kier molecular flexibility index (Phi) is 8.05. The Hall–Kier alpha value is -1.72. The van der Waals surface area contributed by atoms with Crippen LogP contribution in [0.2, 0.25) is 0 Å². The third-order valence-corrected chi connectivity index (χ3v) is 9.69. The molecule has 194 valence electrons. The van der Waals surface area contributed by atoms with Gasteiger partial charge in [-0.15, -0.1) is 0 Å². The van der Waals surface area contributed by atoms with Gasteiger partial charge in [-0.3, -0.25) is 10.9 Å². The van der Waals surface area contributed by atoms with Gasteiger partial charge in [0.2, 0.25) is 0 Å². The van der Waals surface area contributed by atoms with Crippen molar-refractivity contribution in [2.75, 3.05) is 26.3 Å². The summed E-state index contributed by atoms with van der Waals surface area (Å²) in [5, 5.41) is 10.8. The third kappa shape index (κ3) is 5.15. The lowest BCUT2D eigenvalue weighted by Crippen LogP contribution is -2.48. The van der Waals surface area contributed by atoms with Gasteiger partial charge in [0.25, 0.3) is 0 Å². The van der Waals surface area contributed by atoms with Crippen molar-refractivity contribution in [2.45, 2.75) is 89.0 Å². The summed E-state index contributed by atoms with van der Waals surface area (Å²) in [4.78, 5) is 0. The summed E-state index contributed by atoms with van der Waals surface area (Å²) in [6, 6.07) is 10.4. The van der Waals surface area contributed by atoms with Crippen molar-refractivity contribution in [1.82, 2.24) is 21.5 Å². The van der Waals surface area contributed by atoms with E-state index in [2.05, 4.69) is 57.9 Å². The number of nitrogens with one attached hydrogen (secondary N) is 4. The molecule has 4 N–H and O–H groups in total. The zero-order valence-corrected chi connectivity index (χ0v) is 22.1. The van der Waals surface area contributed by atoms with Crippen molar-refractivity contribution in [1.29, 1.82) is 0 Å². The second-order valence-corrected chi connectivity index (χ2v) is 11.8. The van der Waals surface area contributed by atoms with Crippen LogP contribution in [0.3, 0.4) is 0 Å². The number of hydrogen-bond donors (Lipinski definition) is 4. The topological polar surface area (TPSA) is 48.1 Å². The quantitative estimate of drug-likeness (QED) is 0.433. The smallest absolute Gasteiger partial charge is 0.0456 e. The Bertz CT molecular complexity index is 1040. The maximum absolute atomic E-state index is 4.03. The van der Waals surface area contributed by atoms with Crippen molar-refractivity contribution >= 4 is 16.8 Å². The summed E-state index contributed by atoms with van der Waals surface area (Å²) in [5.41, 5.74) is 13.3. The van der Waals surface area contributed by atoms with Gasteiger partial charge in [-0.25, -0.2) is 0 Å². The van der Waals surface area contributed by atoms with Gasteiger partial charge < -0.3 is 10.6 Å². The summed E-state index contributed by atoms with van der Waals surface area (Å²) in [6.07, 6.45) is 20.4. The van der Waals surface area contributed by atoms with E-state index in [1.807, 2.05) is 0 Å². The predicted molar refractivity (Wildman–Crippen MR) is 152 cm³/mol. The Labute approximate surface area is 218 Å². The van der Waals surface area contributed by atoms with Gasteiger partial charge in [0, 0.05) is 31.7 Å². The molecule has 3 atom stereocenters. The SMILES string of the molecule is C1=Cc2ccc3c4c(ccc3c2CC1)C(C1CCNNCCCCNCN1)C(C1CCCCC1)CC4. The van der Waals surface area contributed by atoms with Crippen LogP contribution in [-0.2, 0) is 12.8 Å². The Morgan fingerprint density at radius 3 is 2.47 bits per heavy atom. The minimum Gasteiger partial charge on any atom is -0.304 e. The zero-order chi connectivity index (χ0) is 24.2. The van der Waals surface area contributed by atoms with Gasteiger partial charge in [0.1, 0.15) is 0 Å². The summed E-state index contributed by atoms with van der Waals surface area (Å²) < 4.78 is 0. The van der Waals surface area contributed by atoms with Gasteiger partial charge in [0.05, 0.1) is 0 Å². The van der Waals surface area contributed by atoms with Crippen LogP contribution in [0.4, 0.5) is 0 Å². The van der Waals surface area contributed by atoms with Crippen LogP contribution < -0.4 is 21.5 Å². The van der Waals surface area contributed by atoms with Crippen LogP contribution in [0, 0.1) is 11.8 Å². The molecule has 3 aliphatic carbocycles. The van der Waals surface area contributed by atoms with E-state index in [0.717, 1.165) is 44.6 Å². The molecule has 2 fully saturated rings. The van der Waals surface area contributed by atoms with E-state index in [4.69, 9.17) is 0 Å². The number of aryl methyl sites for hydroxylation is 2. The molecule has 1 heterocycles. The number of hydrogen-bond acceptors (Lipinski definition) is 4. The molecule has 3 unspecified atom stereocenters. The molecule has 36 heavy (non-hydrogen) atoms. The van der Waals surface area contributed by atoms with Crippen LogP contribution in [0.25, 0.3) is 16.8 Å². The van der Waals surface area contributed by atoms with E-state index in [-0.39, 0.29) is 0 Å². The maximum Gasteiger partial charge on any atom is 0.0456 e. The van der Waals surface area contributed by atoms with E-state index >= 15 is 0 Å². The summed E-state index contributed by atoms with van der Waals surface area (Å²) in [6.45, 7) is 4.10. The molecule has 0 aromatic heterocycles. The van der Waals surface area contributed by atoms with Crippen molar-refractivity contribution < 1.29 is 0 Å². The molecule has 2 aromatic carbocycles. The number of rotatable bonds is 2. The fraction of sp³-hybridized carbons (Fsp3) is 0.625. The maximum atomic E-state index is 4.03. The zero-order valence-electron chi connectivity index (χ0n) is 22.1. The fourth-order valence-corrected chi connectivity index (χ4v) is 7.92. The van der Waals surface area contributed by atoms with Gasteiger partial charge in [-0.2, -0.15) is 0 Å². The van der Waals surface area contributed by atoms with Crippen LogP contribution in [0.5, 0.6) is 0 Å². The van der Waals surface area contributed by atoms with Crippen molar-refractivity contribution in [3.05, 3.63) is 52.6 Å². The second-order valence-electron chi connectivity index (χ2n) is 11.8. The predicted octanol–water partition coefficient (Wildman–Crippen LogP) is 5.81. The molecule has 4 heteroatoms. The average molecular weight is 487 g/mol. The highest BCUT2D eigenvalue weighted by atomic mass is 15.3. The molecule has 2 aromatic rings. The third-order valence-electron chi connectivity index (χ3n) is 9.69. The molecule has 1 aliphatic heterocycles. The van der Waals surface area contributed by atoms with Crippen molar-refractivity contribution in [2.24, 2.45) is 11.8 Å². The molecule has 0 radical (unpaired) electrons. The molecule has 0 bridgehead atoms. The van der Waals surface area contributed by atoms with Gasteiger partial charge in [-0.05, 0) is 96.4 Å². The highest BCUT2D eigenvalue weighted by Gasteiger charge is 2.40. The Morgan fingerprint density at radius 1 is 0.694 bits per heavy atom. The summed E-state index contributed by atoms with van der Waals surface area (Å²) in [5.74, 6) is 2.29. The molecule has 0 amide bonds. The first-order chi connectivity index (χ1) is 17.9. The van der Waals surface area contributed by atoms with Crippen molar-refractivity contribution in [3.8, 4) is 0 Å². The molecular weight excluding hydrogens is 440 g/mol. The minimum atomic E-state index is 0.496. The van der Waals surface area contributed by atoms with E-state index in [0.29, 0.717) is 12.0 Å². The summed E-state index contributed by atoms with van der Waals surface area (Å²) >= 11 is 0. The lowest BCUT2D eigenvalue weighted by Gasteiger charge is -2.44. The number of allylic oxidation sites excluding steroid dienone is 1. The molecule has 0 spiro atoms. The first-order valence-corrected chi connectivity index (χ1v) is 15.0. The minimum absolute atomic E-state index is 0.496. The van der Waals surface area contributed by atoms with Crippen LogP contribution in [0.15, 0.2) is 30.3 Å². The fourth-order valence-electron chi connectivity index (χ4n) is 7.92. The van der Waals surface area contributed by atoms with Crippen molar-refractivity contribution in [3.63, 3.8) is 0 Å². The first-order valence-electron chi connectivity index (χ1n) is 15.0. The van der Waals surface area contributed by atoms with Gasteiger partial charge in [0.15, 0.2) is 0 Å². The largest absolute Gasteiger partial charge is 0.304 e. The monoisotopic (exact) mass is 486 g/mol. The van der Waals surface area contributed by atoms with E-state index in [1.54, 1.807) is 22.1 Å². The number of fused-ring (bicyclic) bond motifs is 5. The number of benzene rings is 2. The van der Waals surface area contributed by atoms with Crippen LogP contribution >= 0.6 is 0 Å². The van der Waals surface area contributed by atoms with E-state index < -0.39 is 0 Å². The molecule has 1 saturated heterocycles. The lowest BCUT2D eigenvalue weighted by atomic mass is 9.63. The van der Waals surface area contributed by atoms with Gasteiger partial charge in [-0.1, -0.05) is 68.5 Å². The van der Waals surface area contributed by atoms with Gasteiger partial charge >= 0.3 is 0 Å². The molecule has 1 saturated carbocycles.